The molecule has 0 bridgehead atoms. The summed E-state index contributed by atoms with van der Waals surface area (Å²) in [5, 5.41) is 0. The van der Waals surface area contributed by atoms with Crippen molar-refractivity contribution in [3.63, 3.8) is 0 Å². The maximum Gasteiger partial charge on any atom is 0.338 e. The summed E-state index contributed by atoms with van der Waals surface area (Å²) < 4.78 is 15.6. The lowest BCUT2D eigenvalue weighted by Crippen LogP contribution is -2.06. The summed E-state index contributed by atoms with van der Waals surface area (Å²) in [5.41, 5.74) is 2.66. The van der Waals surface area contributed by atoms with Crippen LogP contribution in [0.3, 0.4) is 0 Å². The molecule has 0 atom stereocenters. The molecule has 0 aliphatic heterocycles. The fourth-order valence-electron chi connectivity index (χ4n) is 2.81. The molecule has 0 heterocycles. The van der Waals surface area contributed by atoms with E-state index in [0.29, 0.717) is 25.2 Å². The molecule has 0 unspecified atom stereocenters. The summed E-state index contributed by atoms with van der Waals surface area (Å²) >= 11 is 0. The average molecular weight is 398 g/mol. The predicted molar refractivity (Wildman–Crippen MR) is 113 cm³/mol. The third-order valence-corrected chi connectivity index (χ3v) is 4.53. The van der Waals surface area contributed by atoms with Crippen molar-refractivity contribution in [2.24, 2.45) is 0 Å². The molecular formula is C24H30O5. The van der Waals surface area contributed by atoms with Crippen LogP contribution in [0, 0.1) is 0 Å². The van der Waals surface area contributed by atoms with Gasteiger partial charge < -0.3 is 14.2 Å². The highest BCUT2D eigenvalue weighted by molar-refractivity contribution is 5.90. The first kappa shape index (κ1) is 22.5. The number of esters is 1. The fourth-order valence-corrected chi connectivity index (χ4v) is 2.81. The number of benzene rings is 2. The van der Waals surface area contributed by atoms with E-state index in [9.17, 15) is 9.59 Å². The Labute approximate surface area is 173 Å². The van der Waals surface area contributed by atoms with Gasteiger partial charge in [0.2, 0.25) is 0 Å². The zero-order valence-electron chi connectivity index (χ0n) is 17.1. The van der Waals surface area contributed by atoms with Gasteiger partial charge in [0.15, 0.2) is 0 Å². The standard InChI is InChI=1S/C24H30O5/c1-2-3-17-28-23-14-12-21(13-15-23)20-8-10-22(11-9-20)24(26)29-18-7-5-4-6-16-27-19-25/h8-15,19H,2-7,16-18H2,1H3. The molecule has 2 aromatic rings. The molecule has 0 fully saturated rings. The molecular weight excluding hydrogens is 368 g/mol. The Bertz CT molecular complexity index is 722. The Morgan fingerprint density at radius 2 is 1.41 bits per heavy atom. The first-order chi connectivity index (χ1) is 14.2. The number of unbranched alkanes of at least 4 members (excludes halogenated alkanes) is 4. The smallest absolute Gasteiger partial charge is 0.338 e. The van der Waals surface area contributed by atoms with Gasteiger partial charge in [0, 0.05) is 0 Å². The van der Waals surface area contributed by atoms with Gasteiger partial charge in [-0.05, 0) is 67.5 Å². The van der Waals surface area contributed by atoms with E-state index in [1.165, 1.54) is 0 Å². The summed E-state index contributed by atoms with van der Waals surface area (Å²) in [7, 11) is 0. The molecule has 5 heteroatoms. The summed E-state index contributed by atoms with van der Waals surface area (Å²) in [6.07, 6.45) is 5.69. The minimum atomic E-state index is -0.305. The number of hydrogen-bond donors (Lipinski definition) is 0. The van der Waals surface area contributed by atoms with Crippen LogP contribution in [0.25, 0.3) is 11.1 Å². The molecule has 0 spiro atoms. The van der Waals surface area contributed by atoms with Crippen LogP contribution in [-0.4, -0.2) is 32.3 Å². The molecule has 0 amide bonds. The van der Waals surface area contributed by atoms with Crippen molar-refractivity contribution in [1.82, 2.24) is 0 Å². The molecule has 0 saturated heterocycles. The number of hydrogen-bond acceptors (Lipinski definition) is 5. The Morgan fingerprint density at radius 3 is 2.03 bits per heavy atom. The van der Waals surface area contributed by atoms with Crippen molar-refractivity contribution < 1.29 is 23.8 Å². The minimum Gasteiger partial charge on any atom is -0.494 e. The zero-order chi connectivity index (χ0) is 20.7. The first-order valence-electron chi connectivity index (χ1n) is 10.3. The summed E-state index contributed by atoms with van der Waals surface area (Å²) in [5.74, 6) is 0.569. The van der Waals surface area contributed by atoms with Crippen molar-refractivity contribution in [2.45, 2.75) is 45.4 Å². The number of rotatable bonds is 14. The van der Waals surface area contributed by atoms with Gasteiger partial charge in [0.1, 0.15) is 5.75 Å². The van der Waals surface area contributed by atoms with Crippen LogP contribution < -0.4 is 4.74 Å². The Morgan fingerprint density at radius 1 is 0.793 bits per heavy atom. The maximum atomic E-state index is 12.1. The number of ether oxygens (including phenoxy) is 3. The molecule has 0 aromatic heterocycles. The van der Waals surface area contributed by atoms with Crippen LogP contribution in [0.1, 0.15) is 55.8 Å². The highest BCUT2D eigenvalue weighted by Gasteiger charge is 2.07. The van der Waals surface area contributed by atoms with Gasteiger partial charge in [-0.25, -0.2) is 4.79 Å². The monoisotopic (exact) mass is 398 g/mol. The molecule has 0 aliphatic rings. The Kier molecular flexibility index (Phi) is 10.4. The van der Waals surface area contributed by atoms with Crippen LogP contribution in [0.2, 0.25) is 0 Å². The minimum absolute atomic E-state index is 0.305. The molecule has 0 radical (unpaired) electrons. The number of carbonyl (C=O) groups excluding carboxylic acids is 2. The van der Waals surface area contributed by atoms with Gasteiger partial charge in [-0.3, -0.25) is 4.79 Å². The molecule has 0 N–H and O–H groups in total. The van der Waals surface area contributed by atoms with Crippen molar-refractivity contribution in [2.75, 3.05) is 19.8 Å². The van der Waals surface area contributed by atoms with Gasteiger partial charge in [0.05, 0.1) is 25.4 Å². The van der Waals surface area contributed by atoms with Crippen molar-refractivity contribution in [1.29, 1.82) is 0 Å². The topological polar surface area (TPSA) is 61.8 Å². The second-order valence-electron chi connectivity index (χ2n) is 6.82. The largest absolute Gasteiger partial charge is 0.494 e. The molecule has 5 nitrogen and oxygen atoms in total. The van der Waals surface area contributed by atoms with E-state index in [1.54, 1.807) is 12.1 Å². The summed E-state index contributed by atoms with van der Waals surface area (Å²) in [4.78, 5) is 22.2. The van der Waals surface area contributed by atoms with E-state index in [0.717, 1.165) is 62.0 Å². The third-order valence-electron chi connectivity index (χ3n) is 4.53. The van der Waals surface area contributed by atoms with E-state index in [1.807, 2.05) is 36.4 Å². The van der Waals surface area contributed by atoms with E-state index in [-0.39, 0.29) is 5.97 Å². The molecule has 2 rings (SSSR count). The summed E-state index contributed by atoms with van der Waals surface area (Å²) in [6, 6.07) is 15.4. The van der Waals surface area contributed by atoms with Gasteiger partial charge in [0.25, 0.3) is 6.47 Å². The van der Waals surface area contributed by atoms with E-state index < -0.39 is 0 Å². The lowest BCUT2D eigenvalue weighted by atomic mass is 10.0. The van der Waals surface area contributed by atoms with E-state index in [4.69, 9.17) is 9.47 Å². The third kappa shape index (κ3) is 8.38. The summed E-state index contributed by atoms with van der Waals surface area (Å²) in [6.45, 7) is 4.19. The molecule has 0 aliphatic carbocycles. The number of carbonyl (C=O) groups is 2. The normalized spacial score (nSPS) is 10.4. The van der Waals surface area contributed by atoms with E-state index in [2.05, 4.69) is 11.7 Å². The van der Waals surface area contributed by atoms with Gasteiger partial charge >= 0.3 is 5.97 Å². The van der Waals surface area contributed by atoms with Gasteiger partial charge in [-0.1, -0.05) is 37.6 Å². The Hall–Kier alpha value is -2.82. The van der Waals surface area contributed by atoms with Crippen LogP contribution in [0.5, 0.6) is 5.75 Å². The quantitative estimate of drug-likeness (QED) is 0.241. The maximum absolute atomic E-state index is 12.1. The lowest BCUT2D eigenvalue weighted by molar-refractivity contribution is -0.128. The van der Waals surface area contributed by atoms with Gasteiger partial charge in [-0.15, -0.1) is 0 Å². The van der Waals surface area contributed by atoms with Crippen LogP contribution >= 0.6 is 0 Å². The SMILES string of the molecule is CCCCOc1ccc(-c2ccc(C(=O)OCCCCCCOC=O)cc2)cc1. The van der Waals surface area contributed by atoms with E-state index >= 15 is 0 Å². The van der Waals surface area contributed by atoms with Crippen LogP contribution in [0.15, 0.2) is 48.5 Å². The van der Waals surface area contributed by atoms with Crippen molar-refractivity contribution >= 4 is 12.4 Å². The highest BCUT2D eigenvalue weighted by atomic mass is 16.5. The van der Waals surface area contributed by atoms with Gasteiger partial charge in [-0.2, -0.15) is 0 Å². The molecule has 2 aromatic carbocycles. The molecule has 0 saturated carbocycles. The van der Waals surface area contributed by atoms with Crippen molar-refractivity contribution in [3.05, 3.63) is 54.1 Å². The zero-order valence-corrected chi connectivity index (χ0v) is 17.1. The van der Waals surface area contributed by atoms with Crippen LogP contribution in [-0.2, 0) is 14.3 Å². The highest BCUT2D eigenvalue weighted by Crippen LogP contribution is 2.23. The average Bonchev–Trinajstić information content (AvgIpc) is 2.76. The first-order valence-corrected chi connectivity index (χ1v) is 10.3. The molecule has 156 valence electrons. The molecule has 29 heavy (non-hydrogen) atoms. The lowest BCUT2D eigenvalue weighted by Gasteiger charge is -2.08. The predicted octanol–water partition coefficient (Wildman–Crippen LogP) is 5.42. The Balaban J connectivity index is 1.74. The second kappa shape index (κ2) is 13.4. The van der Waals surface area contributed by atoms with Crippen molar-refractivity contribution in [3.8, 4) is 16.9 Å². The fraction of sp³-hybridized carbons (Fsp3) is 0.417. The second-order valence-corrected chi connectivity index (χ2v) is 6.82. The van der Waals surface area contributed by atoms with Crippen LogP contribution in [0.4, 0.5) is 0 Å².